The molecule has 1 amide bonds. The lowest BCUT2D eigenvalue weighted by molar-refractivity contribution is -0.152. The Bertz CT molecular complexity index is 660. The molecule has 2 rings (SSSR count). The van der Waals surface area contributed by atoms with Crippen LogP contribution in [-0.4, -0.2) is 30.3 Å². The van der Waals surface area contributed by atoms with Gasteiger partial charge >= 0.3 is 5.97 Å². The van der Waals surface area contributed by atoms with Crippen LogP contribution >= 0.6 is 0 Å². The van der Waals surface area contributed by atoms with Crippen molar-refractivity contribution in [1.29, 1.82) is 0 Å². The van der Waals surface area contributed by atoms with Crippen LogP contribution in [0.1, 0.15) is 66.4 Å². The number of ketones is 1. The molecule has 0 atom stereocenters. The number of carbonyl (C=O) groups excluding carboxylic acids is 3. The fourth-order valence-electron chi connectivity index (χ4n) is 3.35. The van der Waals surface area contributed by atoms with E-state index in [0.29, 0.717) is 18.4 Å². The topological polar surface area (TPSA) is 72.5 Å². The van der Waals surface area contributed by atoms with Crippen molar-refractivity contribution in [3.8, 4) is 0 Å². The minimum Gasteiger partial charge on any atom is -0.467 e. The third-order valence-electron chi connectivity index (χ3n) is 5.07. The van der Waals surface area contributed by atoms with E-state index in [-0.39, 0.29) is 30.5 Å². The van der Waals surface area contributed by atoms with E-state index in [2.05, 4.69) is 5.32 Å². The normalized spacial score (nSPS) is 16.1. The molecule has 1 aliphatic rings. The minimum atomic E-state index is -0.923. The summed E-state index contributed by atoms with van der Waals surface area (Å²) in [5.41, 5.74) is 1.89. The predicted molar refractivity (Wildman–Crippen MR) is 95.5 cm³/mol. The molecular weight excluding hydrogens is 318 g/mol. The number of ether oxygens (including phenoxy) is 1. The van der Waals surface area contributed by atoms with Crippen molar-refractivity contribution < 1.29 is 19.1 Å². The summed E-state index contributed by atoms with van der Waals surface area (Å²) in [7, 11) is 1.34. The van der Waals surface area contributed by atoms with Crippen LogP contribution in [0.25, 0.3) is 0 Å². The summed E-state index contributed by atoms with van der Waals surface area (Å²) in [4.78, 5) is 36.8. The van der Waals surface area contributed by atoms with Gasteiger partial charge in [0, 0.05) is 18.4 Å². The first-order chi connectivity index (χ1) is 11.9. The predicted octanol–water partition coefficient (Wildman–Crippen LogP) is 3.26. The zero-order chi connectivity index (χ0) is 18.4. The number of hydrogen-bond acceptors (Lipinski definition) is 4. The van der Waals surface area contributed by atoms with Crippen molar-refractivity contribution in [2.75, 3.05) is 7.11 Å². The maximum atomic E-state index is 12.3. The monoisotopic (exact) mass is 345 g/mol. The quantitative estimate of drug-likeness (QED) is 0.634. The van der Waals surface area contributed by atoms with Crippen LogP contribution in [0, 0.1) is 13.8 Å². The van der Waals surface area contributed by atoms with E-state index in [9.17, 15) is 14.4 Å². The van der Waals surface area contributed by atoms with Crippen LogP contribution in [0.5, 0.6) is 0 Å². The molecule has 5 nitrogen and oxygen atoms in total. The molecule has 0 bridgehead atoms. The molecule has 1 N–H and O–H groups in total. The Balaban J connectivity index is 1.95. The first-order valence-electron chi connectivity index (χ1n) is 8.88. The Kier molecular flexibility index (Phi) is 6.34. The van der Waals surface area contributed by atoms with E-state index in [1.807, 2.05) is 26.0 Å². The van der Waals surface area contributed by atoms with E-state index >= 15 is 0 Å². The summed E-state index contributed by atoms with van der Waals surface area (Å²) in [6.07, 6.45) is 4.22. The summed E-state index contributed by atoms with van der Waals surface area (Å²) in [6, 6.07) is 5.56. The van der Waals surface area contributed by atoms with Gasteiger partial charge in [-0.1, -0.05) is 31.4 Å². The van der Waals surface area contributed by atoms with Crippen LogP contribution in [0.4, 0.5) is 0 Å². The highest BCUT2D eigenvalue weighted by molar-refractivity contribution is 5.98. The number of benzene rings is 1. The van der Waals surface area contributed by atoms with Gasteiger partial charge < -0.3 is 10.1 Å². The lowest BCUT2D eigenvalue weighted by Crippen LogP contribution is -2.56. The molecule has 0 aliphatic heterocycles. The molecule has 0 saturated heterocycles. The zero-order valence-corrected chi connectivity index (χ0v) is 15.3. The zero-order valence-electron chi connectivity index (χ0n) is 15.3. The number of amides is 1. The third-order valence-corrected chi connectivity index (χ3v) is 5.07. The number of aryl methyl sites for hydroxylation is 2. The van der Waals surface area contributed by atoms with E-state index in [1.54, 1.807) is 6.07 Å². The molecule has 25 heavy (non-hydrogen) atoms. The van der Waals surface area contributed by atoms with Crippen LogP contribution in [0.3, 0.4) is 0 Å². The second kappa shape index (κ2) is 8.28. The summed E-state index contributed by atoms with van der Waals surface area (Å²) >= 11 is 0. The van der Waals surface area contributed by atoms with Gasteiger partial charge in [0.05, 0.1) is 7.11 Å². The molecule has 0 aromatic heterocycles. The van der Waals surface area contributed by atoms with Crippen LogP contribution in [-0.2, 0) is 14.3 Å². The molecule has 0 unspecified atom stereocenters. The smallest absolute Gasteiger partial charge is 0.331 e. The lowest BCUT2D eigenvalue weighted by Gasteiger charge is -2.35. The minimum absolute atomic E-state index is 0.0611. The third kappa shape index (κ3) is 4.68. The average molecular weight is 345 g/mol. The average Bonchev–Trinajstić information content (AvgIpc) is 2.62. The van der Waals surface area contributed by atoms with Gasteiger partial charge in [0.2, 0.25) is 5.91 Å². The standard InChI is InChI=1S/C20H27NO4/c1-14-7-8-16(13-15(14)2)17(22)9-10-18(23)21-20(19(24)25-3)11-5-4-6-12-20/h7-8,13H,4-6,9-12H2,1-3H3,(H,21,23). The second-order valence-electron chi connectivity index (χ2n) is 6.90. The van der Waals surface area contributed by atoms with Gasteiger partial charge in [-0.25, -0.2) is 4.79 Å². The fourth-order valence-corrected chi connectivity index (χ4v) is 3.35. The van der Waals surface area contributed by atoms with Crippen molar-refractivity contribution in [1.82, 2.24) is 5.32 Å². The summed E-state index contributed by atoms with van der Waals surface area (Å²) in [5, 5.41) is 2.84. The van der Waals surface area contributed by atoms with E-state index in [1.165, 1.54) is 7.11 Å². The summed E-state index contributed by atoms with van der Waals surface area (Å²) < 4.78 is 4.89. The molecule has 136 valence electrons. The molecule has 0 heterocycles. The van der Waals surface area contributed by atoms with Crippen molar-refractivity contribution in [3.05, 3.63) is 34.9 Å². The Labute approximate surface area is 149 Å². The Morgan fingerprint density at radius 3 is 2.32 bits per heavy atom. The molecule has 1 aromatic carbocycles. The second-order valence-corrected chi connectivity index (χ2v) is 6.90. The highest BCUT2D eigenvalue weighted by Crippen LogP contribution is 2.29. The summed E-state index contributed by atoms with van der Waals surface area (Å²) in [6.45, 7) is 3.95. The van der Waals surface area contributed by atoms with Gasteiger partial charge in [-0.2, -0.15) is 0 Å². The molecular formula is C20H27NO4. The number of rotatable bonds is 6. The molecule has 1 aliphatic carbocycles. The molecule has 1 fully saturated rings. The van der Waals surface area contributed by atoms with Crippen molar-refractivity contribution in [2.45, 2.75) is 64.3 Å². The molecule has 0 radical (unpaired) electrons. The van der Waals surface area contributed by atoms with E-state index in [4.69, 9.17) is 4.74 Å². The van der Waals surface area contributed by atoms with E-state index in [0.717, 1.165) is 30.4 Å². The Hall–Kier alpha value is -2.17. The molecule has 5 heteroatoms. The highest BCUT2D eigenvalue weighted by Gasteiger charge is 2.41. The van der Waals surface area contributed by atoms with Crippen molar-refractivity contribution in [2.24, 2.45) is 0 Å². The maximum Gasteiger partial charge on any atom is 0.331 e. The number of nitrogens with one attached hydrogen (secondary N) is 1. The first kappa shape index (κ1) is 19.2. The molecule has 0 spiro atoms. The number of methoxy groups -OCH3 is 1. The molecule has 1 aromatic rings. The van der Waals surface area contributed by atoms with Gasteiger partial charge in [-0.05, 0) is 43.9 Å². The largest absolute Gasteiger partial charge is 0.467 e. The molecule has 1 saturated carbocycles. The maximum absolute atomic E-state index is 12.3. The number of hydrogen-bond donors (Lipinski definition) is 1. The van der Waals surface area contributed by atoms with Gasteiger partial charge in [0.1, 0.15) is 5.54 Å². The van der Waals surface area contributed by atoms with E-state index < -0.39 is 5.54 Å². The Morgan fingerprint density at radius 2 is 1.72 bits per heavy atom. The van der Waals surface area contributed by atoms with Crippen molar-refractivity contribution >= 4 is 17.7 Å². The highest BCUT2D eigenvalue weighted by atomic mass is 16.5. The SMILES string of the molecule is COC(=O)C1(NC(=O)CCC(=O)c2ccc(C)c(C)c2)CCCCC1. The van der Waals surface area contributed by atoms with Gasteiger partial charge in [0.25, 0.3) is 0 Å². The fraction of sp³-hybridized carbons (Fsp3) is 0.550. The summed E-state index contributed by atoms with van der Waals surface area (Å²) in [5.74, 6) is -0.723. The Morgan fingerprint density at radius 1 is 1.04 bits per heavy atom. The van der Waals surface area contributed by atoms with Gasteiger partial charge in [-0.15, -0.1) is 0 Å². The first-order valence-corrected chi connectivity index (χ1v) is 8.88. The number of Topliss-reactive ketones (excluding diaryl/α,β-unsaturated/α-hetero) is 1. The van der Waals surface area contributed by atoms with Crippen molar-refractivity contribution in [3.63, 3.8) is 0 Å². The van der Waals surface area contributed by atoms with Gasteiger partial charge in [-0.3, -0.25) is 9.59 Å². The lowest BCUT2D eigenvalue weighted by atomic mass is 9.81. The van der Waals surface area contributed by atoms with Crippen LogP contribution < -0.4 is 5.32 Å². The van der Waals surface area contributed by atoms with Crippen LogP contribution in [0.15, 0.2) is 18.2 Å². The number of esters is 1. The van der Waals surface area contributed by atoms with Crippen LogP contribution in [0.2, 0.25) is 0 Å². The van der Waals surface area contributed by atoms with Gasteiger partial charge in [0.15, 0.2) is 5.78 Å². The number of carbonyl (C=O) groups is 3.